The maximum atomic E-state index is 6.36. The number of aromatic nitrogens is 3. The smallest absolute Gasteiger partial charge is 0.232 e. The Morgan fingerprint density at radius 2 is 1.13 bits per heavy atom. The molecule has 1 aromatic heterocycles. The molecule has 9 heteroatoms. The van der Waals surface area contributed by atoms with Crippen molar-refractivity contribution in [2.75, 3.05) is 58.1 Å². The Balaban J connectivity index is 1.70. The molecule has 1 aliphatic carbocycles. The number of nitrogens with one attached hydrogen (secondary N) is 2. The van der Waals surface area contributed by atoms with Crippen LogP contribution in [0.2, 0.25) is 0 Å². The zero-order valence-corrected chi connectivity index (χ0v) is 23.3. The van der Waals surface area contributed by atoms with E-state index in [1.165, 1.54) is 19.3 Å². The highest BCUT2D eigenvalue weighted by Gasteiger charge is 2.21. The van der Waals surface area contributed by atoms with E-state index in [0.717, 1.165) is 67.6 Å². The van der Waals surface area contributed by atoms with Gasteiger partial charge >= 0.3 is 0 Å². The fourth-order valence-electron chi connectivity index (χ4n) is 5.16. The van der Waals surface area contributed by atoms with Gasteiger partial charge in [-0.15, -0.1) is 0 Å². The Bertz CT molecular complexity index is 1120. The normalized spacial score (nSPS) is 13.8. The van der Waals surface area contributed by atoms with Crippen LogP contribution < -0.4 is 31.9 Å². The van der Waals surface area contributed by atoms with Crippen LogP contribution in [0.25, 0.3) is 0 Å². The van der Waals surface area contributed by atoms with Crippen molar-refractivity contribution < 1.29 is 0 Å². The second-order valence-electron chi connectivity index (χ2n) is 9.81. The van der Waals surface area contributed by atoms with E-state index >= 15 is 0 Å². The van der Waals surface area contributed by atoms with Gasteiger partial charge in [-0.1, -0.05) is 19.3 Å². The molecule has 0 aliphatic heterocycles. The lowest BCUT2D eigenvalue weighted by atomic mass is 9.89. The Labute approximate surface area is 227 Å². The van der Waals surface area contributed by atoms with Crippen molar-refractivity contribution in [3.63, 3.8) is 0 Å². The molecule has 2 aromatic carbocycles. The van der Waals surface area contributed by atoms with Gasteiger partial charge in [-0.05, 0) is 76.9 Å². The van der Waals surface area contributed by atoms with E-state index in [2.05, 4.69) is 60.3 Å². The average Bonchev–Trinajstić information content (AvgIpc) is 2.94. The molecule has 0 saturated heterocycles. The Hall–Kier alpha value is -3.75. The third kappa shape index (κ3) is 6.38. The van der Waals surface area contributed by atoms with Gasteiger partial charge in [-0.25, -0.2) is 0 Å². The van der Waals surface area contributed by atoms with Gasteiger partial charge in [0.25, 0.3) is 0 Å². The van der Waals surface area contributed by atoms with Crippen LogP contribution in [-0.4, -0.2) is 41.1 Å². The molecule has 1 aliphatic rings. The van der Waals surface area contributed by atoms with Crippen LogP contribution in [0.4, 0.5) is 46.0 Å². The summed E-state index contributed by atoms with van der Waals surface area (Å²) in [5.41, 5.74) is 17.8. The van der Waals surface area contributed by atoms with E-state index in [-0.39, 0.29) is 0 Å². The van der Waals surface area contributed by atoms with Gasteiger partial charge in [0.15, 0.2) is 0 Å². The van der Waals surface area contributed by atoms with Crippen molar-refractivity contribution in [3.8, 4) is 0 Å². The fourth-order valence-corrected chi connectivity index (χ4v) is 5.16. The van der Waals surface area contributed by atoms with Gasteiger partial charge in [-0.3, -0.25) is 0 Å². The topological polar surface area (TPSA) is 121 Å². The summed E-state index contributed by atoms with van der Waals surface area (Å²) in [5.74, 6) is 2.07. The molecule has 38 heavy (non-hydrogen) atoms. The van der Waals surface area contributed by atoms with E-state index in [4.69, 9.17) is 26.4 Å². The first kappa shape index (κ1) is 27.3. The first-order valence-corrected chi connectivity index (χ1v) is 14.0. The number of nitrogens with zero attached hydrogens (tertiary/aromatic N) is 5. The maximum absolute atomic E-state index is 6.36. The molecule has 3 aromatic rings. The van der Waals surface area contributed by atoms with Crippen LogP contribution in [0, 0.1) is 0 Å². The van der Waals surface area contributed by atoms with Crippen molar-refractivity contribution in [2.24, 2.45) is 0 Å². The summed E-state index contributed by atoms with van der Waals surface area (Å²) in [6.07, 6.45) is 5.82. The number of nitrogens with two attached hydrogens (primary N) is 2. The number of nitrogen functional groups attached to an aromatic ring is 2. The zero-order chi connectivity index (χ0) is 27.1. The van der Waals surface area contributed by atoms with E-state index in [1.807, 2.05) is 24.3 Å². The standard InChI is InChI=1S/C29H43N9/c1-5-37(6-2)21-14-16-23(30)25(18-21)32-28-34-27(20-12-10-9-11-13-20)35-29(36-28)33-26-19-22(15-17-24(26)31)38(7-3)8-4/h14-20H,5-13,30-31H2,1-4H3,(H2,32,33,34,35,36). The predicted octanol–water partition coefficient (Wildman–Crippen LogP) is 6.26. The summed E-state index contributed by atoms with van der Waals surface area (Å²) < 4.78 is 0. The summed E-state index contributed by atoms with van der Waals surface area (Å²) >= 11 is 0. The average molecular weight is 518 g/mol. The van der Waals surface area contributed by atoms with Crippen LogP contribution in [0.1, 0.15) is 71.5 Å². The Kier molecular flexibility index (Phi) is 9.10. The Morgan fingerprint density at radius 1 is 0.684 bits per heavy atom. The summed E-state index contributed by atoms with van der Waals surface area (Å²) in [4.78, 5) is 19.0. The quantitative estimate of drug-likeness (QED) is 0.218. The van der Waals surface area contributed by atoms with Gasteiger partial charge in [0.1, 0.15) is 5.82 Å². The molecule has 1 fully saturated rings. The maximum Gasteiger partial charge on any atom is 0.232 e. The molecule has 9 nitrogen and oxygen atoms in total. The minimum atomic E-state index is 0.312. The molecule has 0 unspecified atom stereocenters. The van der Waals surface area contributed by atoms with E-state index in [0.29, 0.717) is 29.2 Å². The molecule has 1 heterocycles. The lowest BCUT2D eigenvalue weighted by Gasteiger charge is -2.23. The summed E-state index contributed by atoms with van der Waals surface area (Å²) in [7, 11) is 0. The van der Waals surface area contributed by atoms with Crippen molar-refractivity contribution in [3.05, 3.63) is 42.2 Å². The molecule has 1 saturated carbocycles. The molecular formula is C29H43N9. The van der Waals surface area contributed by atoms with E-state index in [9.17, 15) is 0 Å². The summed E-state index contributed by atoms with van der Waals surface area (Å²) in [5, 5.41) is 6.78. The van der Waals surface area contributed by atoms with E-state index in [1.54, 1.807) is 0 Å². The minimum Gasteiger partial charge on any atom is -0.397 e. The number of anilines is 8. The highest BCUT2D eigenvalue weighted by Crippen LogP contribution is 2.34. The van der Waals surface area contributed by atoms with Crippen LogP contribution in [0.3, 0.4) is 0 Å². The van der Waals surface area contributed by atoms with Crippen LogP contribution in [0.15, 0.2) is 36.4 Å². The van der Waals surface area contributed by atoms with Gasteiger partial charge in [0, 0.05) is 43.5 Å². The number of rotatable bonds is 11. The largest absolute Gasteiger partial charge is 0.397 e. The molecule has 0 spiro atoms. The SMILES string of the molecule is CCN(CC)c1ccc(N)c(Nc2nc(Nc3cc(N(CC)CC)ccc3N)nc(C3CCCCC3)n2)c1. The molecule has 204 valence electrons. The molecule has 4 rings (SSSR count). The van der Waals surface area contributed by atoms with Gasteiger partial charge in [0.05, 0.1) is 22.7 Å². The van der Waals surface area contributed by atoms with Crippen molar-refractivity contribution in [1.82, 2.24) is 15.0 Å². The molecule has 0 bridgehead atoms. The second kappa shape index (κ2) is 12.7. The van der Waals surface area contributed by atoms with Crippen molar-refractivity contribution in [2.45, 2.75) is 65.7 Å². The van der Waals surface area contributed by atoms with Gasteiger partial charge in [-0.2, -0.15) is 15.0 Å². The fraction of sp³-hybridized carbons (Fsp3) is 0.483. The number of benzene rings is 2. The van der Waals surface area contributed by atoms with Crippen molar-refractivity contribution >= 4 is 46.0 Å². The molecule has 0 radical (unpaired) electrons. The molecule has 6 N–H and O–H groups in total. The Morgan fingerprint density at radius 3 is 1.55 bits per heavy atom. The zero-order valence-electron chi connectivity index (χ0n) is 23.3. The predicted molar refractivity (Wildman–Crippen MR) is 161 cm³/mol. The monoisotopic (exact) mass is 517 g/mol. The van der Waals surface area contributed by atoms with Crippen LogP contribution in [-0.2, 0) is 0 Å². The lowest BCUT2D eigenvalue weighted by Crippen LogP contribution is -2.22. The van der Waals surface area contributed by atoms with Crippen LogP contribution in [0.5, 0.6) is 0 Å². The first-order valence-electron chi connectivity index (χ1n) is 14.0. The highest BCUT2D eigenvalue weighted by molar-refractivity contribution is 5.77. The van der Waals surface area contributed by atoms with Gasteiger partial charge < -0.3 is 31.9 Å². The molecule has 0 amide bonds. The lowest BCUT2D eigenvalue weighted by molar-refractivity contribution is 0.428. The van der Waals surface area contributed by atoms with E-state index < -0.39 is 0 Å². The van der Waals surface area contributed by atoms with Crippen molar-refractivity contribution in [1.29, 1.82) is 0 Å². The third-order valence-electron chi connectivity index (χ3n) is 7.45. The molecular weight excluding hydrogens is 474 g/mol. The molecule has 0 atom stereocenters. The van der Waals surface area contributed by atoms with Gasteiger partial charge in [0.2, 0.25) is 11.9 Å². The third-order valence-corrected chi connectivity index (χ3v) is 7.45. The summed E-state index contributed by atoms with van der Waals surface area (Å²) in [6.45, 7) is 12.3. The number of hydrogen-bond donors (Lipinski definition) is 4. The highest BCUT2D eigenvalue weighted by atomic mass is 15.2. The summed E-state index contributed by atoms with van der Waals surface area (Å²) in [6, 6.07) is 12.1. The minimum absolute atomic E-state index is 0.312. The van der Waals surface area contributed by atoms with Crippen LogP contribution >= 0.6 is 0 Å². The second-order valence-corrected chi connectivity index (χ2v) is 9.81. The number of hydrogen-bond acceptors (Lipinski definition) is 9. The first-order chi connectivity index (χ1) is 18.4.